The van der Waals surface area contributed by atoms with Gasteiger partial charge in [0.1, 0.15) is 0 Å². The van der Waals surface area contributed by atoms with Gasteiger partial charge >= 0.3 is 0 Å². The average Bonchev–Trinajstić information content (AvgIpc) is 1.55. The number of piperidine rings is 2. The highest BCUT2D eigenvalue weighted by molar-refractivity contribution is 6.15. The lowest BCUT2D eigenvalue weighted by atomic mass is 9.72. The highest BCUT2D eigenvalue weighted by atomic mass is 16.5. The fourth-order valence-corrected chi connectivity index (χ4v) is 16.9. The minimum Gasteiger partial charge on any atom is -0.478 e. The fourth-order valence-electron chi connectivity index (χ4n) is 16.9. The molecule has 21 heteroatoms. The maximum Gasteiger partial charge on any atom is 0.238 e. The summed E-state index contributed by atoms with van der Waals surface area (Å²) in [6, 6.07) is 31.3. The summed E-state index contributed by atoms with van der Waals surface area (Å²) in [5.41, 5.74) is 12.9. The van der Waals surface area contributed by atoms with Crippen molar-refractivity contribution in [1.29, 1.82) is 0 Å². The molecule has 3 spiro atoms. The van der Waals surface area contributed by atoms with Crippen LogP contribution in [0.15, 0.2) is 128 Å². The van der Waals surface area contributed by atoms with Gasteiger partial charge < -0.3 is 58.6 Å². The van der Waals surface area contributed by atoms with Crippen LogP contribution in [0, 0.1) is 0 Å². The number of anilines is 3. The molecule has 102 heavy (non-hydrogen) atoms. The quantitative estimate of drug-likeness (QED) is 0.0529. The molecule has 9 aromatic rings. The van der Waals surface area contributed by atoms with Crippen LogP contribution in [0.4, 0.5) is 17.1 Å². The number of fused-ring (bicyclic) bond motifs is 12. The van der Waals surface area contributed by atoms with Crippen LogP contribution in [0.2, 0.25) is 0 Å². The van der Waals surface area contributed by atoms with Gasteiger partial charge in [0.2, 0.25) is 35.4 Å². The van der Waals surface area contributed by atoms with E-state index in [0.717, 1.165) is 203 Å². The number of amides is 3. The van der Waals surface area contributed by atoms with Crippen molar-refractivity contribution >= 4 is 67.5 Å². The van der Waals surface area contributed by atoms with Crippen molar-refractivity contribution in [1.82, 2.24) is 54.8 Å². The van der Waals surface area contributed by atoms with Crippen molar-refractivity contribution in [2.45, 2.75) is 92.9 Å². The van der Waals surface area contributed by atoms with Crippen molar-refractivity contribution in [2.24, 2.45) is 0 Å². The maximum atomic E-state index is 15.0. The molecule has 0 radical (unpaired) electrons. The lowest BCUT2D eigenvalue weighted by Gasteiger charge is -2.37. The van der Waals surface area contributed by atoms with Crippen LogP contribution >= 0.6 is 0 Å². The van der Waals surface area contributed by atoms with E-state index in [9.17, 15) is 14.4 Å². The second-order valence-corrected chi connectivity index (χ2v) is 29.7. The van der Waals surface area contributed by atoms with Gasteiger partial charge in [-0.05, 0) is 203 Å². The Morgan fingerprint density at radius 2 is 0.863 bits per heavy atom. The first-order valence-corrected chi connectivity index (χ1v) is 36.8. The van der Waals surface area contributed by atoms with Gasteiger partial charge in [-0.25, -0.2) is 15.0 Å². The zero-order chi connectivity index (χ0) is 69.7. The molecule has 1 aliphatic carbocycles. The van der Waals surface area contributed by atoms with Gasteiger partial charge in [-0.3, -0.25) is 29.3 Å². The Morgan fingerprint density at radius 1 is 0.461 bits per heavy atom. The van der Waals surface area contributed by atoms with E-state index in [1.165, 1.54) is 0 Å². The number of likely N-dealkylation sites (tertiary alicyclic amines) is 1. The molecule has 4 fully saturated rings. The van der Waals surface area contributed by atoms with Gasteiger partial charge in [0.05, 0.1) is 88.3 Å². The Bertz CT molecular complexity index is 4610. The topological polar surface area (TPSA) is 200 Å². The van der Waals surface area contributed by atoms with E-state index >= 15 is 0 Å². The number of carbonyl (C=O) groups excluding carboxylic acids is 3. The Labute approximate surface area is 596 Å². The summed E-state index contributed by atoms with van der Waals surface area (Å²) in [4.78, 5) is 88.1. The van der Waals surface area contributed by atoms with Gasteiger partial charge in [0.15, 0.2) is 0 Å². The third-order valence-electron chi connectivity index (χ3n) is 22.8. The van der Waals surface area contributed by atoms with Crippen molar-refractivity contribution in [3.05, 3.63) is 145 Å². The number of ether oxygens (including phenoxy) is 4. The van der Waals surface area contributed by atoms with E-state index in [0.29, 0.717) is 89.7 Å². The molecule has 7 aliphatic rings. The number of aromatic nitrogens is 6. The van der Waals surface area contributed by atoms with Crippen molar-refractivity contribution in [2.75, 3.05) is 155 Å². The molecule has 3 amide bonds. The molecular weight excluding hydrogens is 1280 g/mol. The number of likely N-dealkylation sites (N-methyl/N-ethyl adjacent to an activating group) is 2. The van der Waals surface area contributed by atoms with Crippen LogP contribution in [0.1, 0.15) is 87.3 Å². The second-order valence-electron chi connectivity index (χ2n) is 29.7. The SMILES string of the molecule is CN(C)CCCOc1ccc(-c2ccc3ncc4c(c3c2)C2(CCN(C)CC2)C(=O)N4CCN(C)CCCOc2ccc(-c3ccc4ncc5c(c4c3)C3(CCNCC3)C(=O)N5CCN(C)CCCOc3ccc(-c4ccc5ncc6c(c5c4)C4(CCOCC4)C(=O)N6C4CC4)cn3)cn2)cn1. The first-order valence-electron chi connectivity index (χ1n) is 36.8. The third-order valence-corrected chi connectivity index (χ3v) is 22.8. The minimum absolute atomic E-state index is 0.158. The summed E-state index contributed by atoms with van der Waals surface area (Å²) in [5, 5.41) is 6.59. The Kier molecular flexibility index (Phi) is 18.7. The predicted molar refractivity (Wildman–Crippen MR) is 398 cm³/mol. The van der Waals surface area contributed by atoms with E-state index in [-0.39, 0.29) is 23.8 Å². The van der Waals surface area contributed by atoms with Gasteiger partial charge in [0.25, 0.3) is 0 Å². The summed E-state index contributed by atoms with van der Waals surface area (Å²) >= 11 is 0. The molecule has 21 nitrogen and oxygen atoms in total. The van der Waals surface area contributed by atoms with Crippen molar-refractivity contribution in [3.8, 4) is 51.0 Å². The Morgan fingerprint density at radius 3 is 1.28 bits per heavy atom. The second kappa shape index (κ2) is 28.3. The predicted octanol–water partition coefficient (Wildman–Crippen LogP) is 10.5. The van der Waals surface area contributed by atoms with Crippen LogP contribution in [-0.4, -0.2) is 214 Å². The standard InChI is InChI=1S/C81H92N14O7/c1-89(2)31-6-40-100-70-20-12-58(48-86-70)55-10-18-65-62(46-55)74-68(52-84-65)94(77(97)80(74)25-34-92(5)35-26-80)39-37-91(4)33-8-42-101-71-21-13-57(49-87-71)54-9-17-64-61(45-54)73-67(51-83-64)93(76(96)79(73)23-29-82-30-24-79)38-36-90(3)32-7-41-102-72-22-14-59(50-88-72)56-11-19-66-63(47-56)75-69(53-85-66)95(60-15-16-60)78(98)81(75)27-43-99-44-28-81/h9-14,17-22,45-53,60,82H,6-8,15-16,23-44H2,1-5H3. The highest BCUT2D eigenvalue weighted by Crippen LogP contribution is 2.55. The van der Waals surface area contributed by atoms with E-state index in [1.807, 2.05) is 70.1 Å². The molecule has 6 aliphatic heterocycles. The van der Waals surface area contributed by atoms with E-state index in [1.54, 1.807) is 0 Å². The number of nitrogens with one attached hydrogen (secondary N) is 1. The molecule has 3 aromatic carbocycles. The van der Waals surface area contributed by atoms with E-state index in [2.05, 4.69) is 138 Å². The summed E-state index contributed by atoms with van der Waals surface area (Å²) in [7, 11) is 10.5. The van der Waals surface area contributed by atoms with Crippen molar-refractivity contribution in [3.63, 3.8) is 0 Å². The van der Waals surface area contributed by atoms with Gasteiger partial charge in [0, 0.05) is 151 Å². The first-order chi connectivity index (χ1) is 49.8. The molecular formula is C81H92N14O7. The molecule has 12 heterocycles. The number of hydrogen-bond acceptors (Lipinski definition) is 18. The largest absolute Gasteiger partial charge is 0.478 e. The Balaban J connectivity index is 0.523. The van der Waals surface area contributed by atoms with Crippen LogP contribution in [0.25, 0.3) is 66.1 Å². The zero-order valence-electron chi connectivity index (χ0n) is 59.5. The fraction of sp³-hybridized carbons (Fsp3) is 0.444. The summed E-state index contributed by atoms with van der Waals surface area (Å²) in [6.07, 6.45) is 20.3. The number of carbonyl (C=O) groups is 3. The molecule has 1 N–H and O–H groups in total. The number of hydrogen-bond donors (Lipinski definition) is 1. The molecule has 0 unspecified atom stereocenters. The van der Waals surface area contributed by atoms with Gasteiger partial charge in [-0.1, -0.05) is 18.2 Å². The van der Waals surface area contributed by atoms with E-state index in [4.69, 9.17) is 43.9 Å². The molecule has 1 saturated carbocycles. The highest BCUT2D eigenvalue weighted by Gasteiger charge is 2.57. The van der Waals surface area contributed by atoms with Crippen LogP contribution in [-0.2, 0) is 35.4 Å². The molecule has 6 aromatic heterocycles. The van der Waals surface area contributed by atoms with Crippen LogP contribution in [0.5, 0.6) is 17.6 Å². The van der Waals surface area contributed by atoms with Gasteiger partial charge in [-0.2, -0.15) is 0 Å². The normalized spacial score (nSPS) is 18.4. The first kappa shape index (κ1) is 67.4. The lowest BCUT2D eigenvalue weighted by Crippen LogP contribution is -2.48. The van der Waals surface area contributed by atoms with Crippen LogP contribution in [0.3, 0.4) is 0 Å². The van der Waals surface area contributed by atoms with Crippen molar-refractivity contribution < 1.29 is 33.3 Å². The summed E-state index contributed by atoms with van der Waals surface area (Å²) in [5.74, 6) is 2.29. The number of pyridine rings is 6. The van der Waals surface area contributed by atoms with Gasteiger partial charge in [-0.15, -0.1) is 0 Å². The number of benzene rings is 3. The number of nitrogens with zero attached hydrogens (tertiary/aromatic N) is 13. The molecule has 3 saturated heterocycles. The minimum atomic E-state index is -0.643. The van der Waals surface area contributed by atoms with E-state index < -0.39 is 16.2 Å². The third kappa shape index (κ3) is 12.7. The average molecular weight is 1370 g/mol. The number of rotatable bonds is 25. The molecule has 16 rings (SSSR count). The molecule has 528 valence electrons. The maximum absolute atomic E-state index is 15.0. The summed E-state index contributed by atoms with van der Waals surface area (Å²) < 4.78 is 24.2. The van der Waals surface area contributed by atoms with Crippen LogP contribution < -0.4 is 34.2 Å². The molecule has 0 atom stereocenters. The zero-order valence-corrected chi connectivity index (χ0v) is 59.5. The summed E-state index contributed by atoms with van der Waals surface area (Å²) in [6.45, 7) is 11.0. The lowest BCUT2D eigenvalue weighted by molar-refractivity contribution is -0.126. The monoisotopic (exact) mass is 1370 g/mol. The Hall–Kier alpha value is -9.09. The molecule has 0 bridgehead atoms. The smallest absolute Gasteiger partial charge is 0.238 e.